The molecule has 1 aromatic heterocycles. The van der Waals surface area contributed by atoms with Gasteiger partial charge in [-0.2, -0.15) is 4.31 Å². The third-order valence-corrected chi connectivity index (χ3v) is 9.78. The molecule has 2 aliphatic heterocycles. The van der Waals surface area contributed by atoms with Crippen molar-refractivity contribution in [2.45, 2.75) is 18.2 Å². The smallest absolute Gasteiger partial charge is 0.247 e. The van der Waals surface area contributed by atoms with Crippen molar-refractivity contribution in [3.8, 4) is 11.5 Å². The third kappa shape index (κ3) is 4.64. The molecule has 9 nitrogen and oxygen atoms in total. The van der Waals surface area contributed by atoms with Crippen LogP contribution in [0.15, 0.2) is 28.7 Å². The minimum absolute atomic E-state index is 0.0516. The number of rotatable bonds is 5. The van der Waals surface area contributed by atoms with E-state index >= 15 is 0 Å². The second-order valence-electron chi connectivity index (χ2n) is 7.25. The van der Waals surface area contributed by atoms with Gasteiger partial charge in [-0.05, 0) is 30.7 Å². The van der Waals surface area contributed by atoms with Gasteiger partial charge in [0.1, 0.15) is 0 Å². The summed E-state index contributed by atoms with van der Waals surface area (Å²) in [6.07, 6.45) is 0.181. The van der Waals surface area contributed by atoms with Crippen LogP contribution in [0.1, 0.15) is 12.3 Å². The van der Waals surface area contributed by atoms with Crippen LogP contribution in [-0.4, -0.2) is 79.2 Å². The largest absolute Gasteiger partial charge is 0.419 e. The van der Waals surface area contributed by atoms with E-state index in [4.69, 9.17) is 16.0 Å². The average molecular weight is 461 g/mol. The molecule has 1 aromatic carbocycles. The van der Waals surface area contributed by atoms with Gasteiger partial charge in [-0.1, -0.05) is 11.6 Å². The van der Waals surface area contributed by atoms with Crippen molar-refractivity contribution < 1.29 is 21.3 Å². The van der Waals surface area contributed by atoms with Gasteiger partial charge in [0, 0.05) is 36.8 Å². The molecular weight excluding hydrogens is 440 g/mol. The molecule has 1 atom stereocenters. The van der Waals surface area contributed by atoms with Crippen molar-refractivity contribution in [1.29, 1.82) is 0 Å². The van der Waals surface area contributed by atoms with Crippen LogP contribution in [-0.2, 0) is 26.4 Å². The molecule has 0 spiro atoms. The molecule has 0 N–H and O–H groups in total. The monoisotopic (exact) mass is 460 g/mol. The summed E-state index contributed by atoms with van der Waals surface area (Å²) < 4.78 is 55.8. The Kier molecular flexibility index (Phi) is 5.68. The maximum Gasteiger partial charge on any atom is 0.247 e. The first-order valence-electron chi connectivity index (χ1n) is 9.23. The SMILES string of the molecule is O=S1(=O)CC[C@@H](S(=O)(=O)N2CCN(Cc3nnc(-c4ccc(Cl)cc4)o3)CC2)C1. The van der Waals surface area contributed by atoms with E-state index in [1.165, 1.54) is 4.31 Å². The summed E-state index contributed by atoms with van der Waals surface area (Å²) in [6, 6.07) is 7.09. The van der Waals surface area contributed by atoms with E-state index in [9.17, 15) is 16.8 Å². The highest BCUT2D eigenvalue weighted by Gasteiger charge is 2.41. The third-order valence-electron chi connectivity index (χ3n) is 5.22. The molecule has 2 aromatic rings. The summed E-state index contributed by atoms with van der Waals surface area (Å²) in [5, 5.41) is 7.92. The quantitative estimate of drug-likeness (QED) is 0.649. The second-order valence-corrected chi connectivity index (χ2v) is 12.1. The maximum atomic E-state index is 12.7. The second kappa shape index (κ2) is 7.95. The Hall–Kier alpha value is -1.53. The van der Waals surface area contributed by atoms with Crippen LogP contribution in [0.2, 0.25) is 5.02 Å². The molecule has 0 unspecified atom stereocenters. The van der Waals surface area contributed by atoms with Gasteiger partial charge in [0.05, 0.1) is 23.3 Å². The molecule has 0 bridgehead atoms. The van der Waals surface area contributed by atoms with Crippen LogP contribution in [0.4, 0.5) is 0 Å². The minimum Gasteiger partial charge on any atom is -0.419 e. The number of aromatic nitrogens is 2. The van der Waals surface area contributed by atoms with Gasteiger partial charge < -0.3 is 4.42 Å². The number of benzene rings is 1. The lowest BCUT2D eigenvalue weighted by Gasteiger charge is -2.34. The Labute approximate surface area is 174 Å². The molecule has 0 radical (unpaired) electrons. The molecule has 0 aliphatic carbocycles. The van der Waals surface area contributed by atoms with E-state index in [-0.39, 0.29) is 17.9 Å². The molecule has 2 fully saturated rings. The number of hydrogen-bond acceptors (Lipinski definition) is 8. The fraction of sp³-hybridized carbons (Fsp3) is 0.529. The minimum atomic E-state index is -3.60. The van der Waals surface area contributed by atoms with E-state index in [1.54, 1.807) is 24.3 Å². The molecule has 158 valence electrons. The molecule has 2 saturated heterocycles. The fourth-order valence-corrected chi connectivity index (χ4v) is 8.20. The predicted molar refractivity (Wildman–Crippen MR) is 108 cm³/mol. The molecule has 12 heteroatoms. The normalized spacial score (nSPS) is 23.4. The zero-order valence-electron chi connectivity index (χ0n) is 15.6. The van der Waals surface area contributed by atoms with Gasteiger partial charge in [-0.3, -0.25) is 4.90 Å². The fourth-order valence-electron chi connectivity index (χ4n) is 3.57. The lowest BCUT2D eigenvalue weighted by Crippen LogP contribution is -2.51. The average Bonchev–Trinajstić information content (AvgIpc) is 3.29. The van der Waals surface area contributed by atoms with Crippen molar-refractivity contribution in [2.75, 3.05) is 37.7 Å². The summed E-state index contributed by atoms with van der Waals surface area (Å²) >= 11 is 5.88. The van der Waals surface area contributed by atoms with Crippen LogP contribution in [0, 0.1) is 0 Å². The number of nitrogens with zero attached hydrogens (tertiary/aromatic N) is 4. The first-order chi connectivity index (χ1) is 13.7. The van der Waals surface area contributed by atoms with Crippen molar-refractivity contribution in [3.05, 3.63) is 35.2 Å². The van der Waals surface area contributed by atoms with E-state index in [0.717, 1.165) is 5.56 Å². The van der Waals surface area contributed by atoms with Crippen molar-refractivity contribution in [2.24, 2.45) is 0 Å². The summed E-state index contributed by atoms with van der Waals surface area (Å²) in [7, 11) is -6.84. The molecule has 0 saturated carbocycles. The zero-order valence-corrected chi connectivity index (χ0v) is 18.0. The van der Waals surface area contributed by atoms with Gasteiger partial charge in [0.25, 0.3) is 0 Å². The Morgan fingerprint density at radius 2 is 1.79 bits per heavy atom. The Balaban J connectivity index is 1.34. The Bertz CT molecular complexity index is 1080. The Morgan fingerprint density at radius 3 is 2.41 bits per heavy atom. The molecule has 29 heavy (non-hydrogen) atoms. The highest BCUT2D eigenvalue weighted by Crippen LogP contribution is 2.24. The van der Waals surface area contributed by atoms with Crippen molar-refractivity contribution in [1.82, 2.24) is 19.4 Å². The summed E-state index contributed by atoms with van der Waals surface area (Å²) in [5.41, 5.74) is 0.774. The zero-order chi connectivity index (χ0) is 20.6. The van der Waals surface area contributed by atoms with Crippen LogP contribution in [0.3, 0.4) is 0 Å². The predicted octanol–water partition coefficient (Wildman–Crippen LogP) is 1.02. The molecular formula is C17H21ClN4O5S2. The molecule has 2 aliphatic rings. The van der Waals surface area contributed by atoms with Gasteiger partial charge in [-0.15, -0.1) is 10.2 Å². The number of piperazine rings is 1. The number of sulfone groups is 1. The van der Waals surface area contributed by atoms with Gasteiger partial charge in [0.2, 0.25) is 21.8 Å². The molecule has 3 heterocycles. The maximum absolute atomic E-state index is 12.7. The first-order valence-corrected chi connectivity index (χ1v) is 12.9. The van der Waals surface area contributed by atoms with Crippen LogP contribution in [0.5, 0.6) is 0 Å². The summed E-state index contributed by atoms with van der Waals surface area (Å²) in [4.78, 5) is 2.04. The first kappa shape index (κ1) is 20.7. The van der Waals surface area contributed by atoms with E-state index in [0.29, 0.717) is 49.5 Å². The van der Waals surface area contributed by atoms with Crippen molar-refractivity contribution >= 4 is 31.5 Å². The van der Waals surface area contributed by atoms with E-state index in [1.807, 2.05) is 4.90 Å². The van der Waals surface area contributed by atoms with E-state index < -0.39 is 25.1 Å². The van der Waals surface area contributed by atoms with Crippen LogP contribution < -0.4 is 0 Å². The molecule has 0 amide bonds. The Morgan fingerprint density at radius 1 is 1.10 bits per heavy atom. The van der Waals surface area contributed by atoms with Crippen LogP contribution >= 0.6 is 11.6 Å². The highest BCUT2D eigenvalue weighted by molar-refractivity contribution is 7.95. The number of hydrogen-bond donors (Lipinski definition) is 0. The van der Waals surface area contributed by atoms with Gasteiger partial charge in [0.15, 0.2) is 9.84 Å². The van der Waals surface area contributed by atoms with Gasteiger partial charge in [-0.25, -0.2) is 16.8 Å². The number of sulfonamides is 1. The van der Waals surface area contributed by atoms with Gasteiger partial charge >= 0.3 is 0 Å². The van der Waals surface area contributed by atoms with Crippen LogP contribution in [0.25, 0.3) is 11.5 Å². The molecule has 4 rings (SSSR count). The summed E-state index contributed by atoms with van der Waals surface area (Å²) in [5.74, 6) is 0.531. The van der Waals surface area contributed by atoms with E-state index in [2.05, 4.69) is 10.2 Å². The highest BCUT2D eigenvalue weighted by atomic mass is 35.5. The lowest BCUT2D eigenvalue weighted by atomic mass is 10.2. The standard InChI is InChI=1S/C17H21ClN4O5S2/c18-14-3-1-13(2-4-14)17-20-19-16(27-17)11-21-6-8-22(9-7-21)29(25,26)15-5-10-28(23,24)12-15/h1-4,15H,5-12H2/t15-/m1/s1. The van der Waals surface area contributed by atoms with Crippen molar-refractivity contribution in [3.63, 3.8) is 0 Å². The number of halogens is 1. The summed E-state index contributed by atoms with van der Waals surface area (Å²) in [6.45, 7) is 2.08. The lowest BCUT2D eigenvalue weighted by molar-refractivity contribution is 0.168. The topological polar surface area (TPSA) is 114 Å².